The van der Waals surface area contributed by atoms with Crippen LogP contribution in [0.5, 0.6) is 11.5 Å². The molecule has 0 spiro atoms. The van der Waals surface area contributed by atoms with E-state index < -0.39 is 21.0 Å². The van der Waals surface area contributed by atoms with Gasteiger partial charge in [0.05, 0.1) is 35.6 Å². The van der Waals surface area contributed by atoms with Crippen LogP contribution in [0.2, 0.25) is 5.02 Å². The fourth-order valence-electron chi connectivity index (χ4n) is 2.93. The second-order valence-corrected chi connectivity index (χ2v) is 8.81. The lowest BCUT2D eigenvalue weighted by molar-refractivity contribution is 0.102. The highest BCUT2D eigenvalue weighted by molar-refractivity contribution is 7.92. The van der Waals surface area contributed by atoms with Gasteiger partial charge in [-0.2, -0.15) is 0 Å². The second kappa shape index (κ2) is 9.30. The van der Waals surface area contributed by atoms with Crippen molar-refractivity contribution >= 4 is 33.0 Å². The maximum atomic E-state index is 12.9. The lowest BCUT2D eigenvalue weighted by Gasteiger charge is -2.17. The van der Waals surface area contributed by atoms with E-state index in [9.17, 15) is 13.2 Å². The molecule has 0 radical (unpaired) electrons. The highest BCUT2D eigenvalue weighted by atomic mass is 35.5. The van der Waals surface area contributed by atoms with Crippen molar-refractivity contribution in [1.29, 1.82) is 0 Å². The Hall–Kier alpha value is -2.25. The summed E-state index contributed by atoms with van der Waals surface area (Å²) < 4.78 is 36.2. The molecule has 0 fully saturated rings. The molecule has 0 saturated carbocycles. The Morgan fingerprint density at radius 1 is 1.04 bits per heavy atom. The number of carbonyl (C=O) groups excluding carboxylic acids is 1. The average Bonchev–Trinajstić information content (AvgIpc) is 2.68. The molecule has 0 atom stereocenters. The van der Waals surface area contributed by atoms with Crippen molar-refractivity contribution in [3.05, 3.63) is 47.0 Å². The van der Waals surface area contributed by atoms with Crippen molar-refractivity contribution in [2.45, 2.75) is 36.8 Å². The second-order valence-electron chi connectivity index (χ2n) is 6.14. The maximum absolute atomic E-state index is 12.9. The van der Waals surface area contributed by atoms with Gasteiger partial charge in [-0.05, 0) is 49.2 Å². The summed E-state index contributed by atoms with van der Waals surface area (Å²) in [5.41, 5.74) is 0.479. The molecule has 0 aromatic heterocycles. The number of hydrogen-bond acceptors (Lipinski definition) is 5. The molecule has 2 aromatic rings. The van der Waals surface area contributed by atoms with Crippen molar-refractivity contribution in [2.24, 2.45) is 0 Å². The van der Waals surface area contributed by atoms with Gasteiger partial charge in [0.2, 0.25) is 0 Å². The summed E-state index contributed by atoms with van der Waals surface area (Å²) >= 11 is 5.99. The maximum Gasteiger partial charge on any atom is 0.259 e. The number of halogens is 1. The van der Waals surface area contributed by atoms with Crippen LogP contribution in [0.1, 0.15) is 37.0 Å². The fraction of sp³-hybridized carbons (Fsp3) is 0.350. The Balaban J connectivity index is 2.45. The number of benzene rings is 2. The number of sulfone groups is 1. The molecule has 1 N–H and O–H groups in total. The molecule has 0 heterocycles. The first-order valence-electron chi connectivity index (χ1n) is 8.85. The van der Waals surface area contributed by atoms with Gasteiger partial charge in [-0.15, -0.1) is 0 Å². The van der Waals surface area contributed by atoms with Crippen LogP contribution < -0.4 is 14.8 Å². The van der Waals surface area contributed by atoms with Crippen LogP contribution in [0, 0.1) is 0 Å². The van der Waals surface area contributed by atoms with Gasteiger partial charge < -0.3 is 14.8 Å². The molecule has 6 nitrogen and oxygen atoms in total. The van der Waals surface area contributed by atoms with Crippen LogP contribution in [0.25, 0.3) is 0 Å². The first-order chi connectivity index (χ1) is 13.3. The number of hydrogen-bond donors (Lipinski definition) is 1. The topological polar surface area (TPSA) is 81.7 Å². The summed E-state index contributed by atoms with van der Waals surface area (Å²) in [6.07, 6.45) is 1.01. The van der Waals surface area contributed by atoms with Crippen LogP contribution in [-0.4, -0.2) is 33.8 Å². The molecular weight excluding hydrogens is 402 g/mol. The number of rotatable bonds is 8. The van der Waals surface area contributed by atoms with Gasteiger partial charge in [-0.1, -0.05) is 25.4 Å². The van der Waals surface area contributed by atoms with Crippen molar-refractivity contribution in [2.75, 3.05) is 19.5 Å². The van der Waals surface area contributed by atoms with Gasteiger partial charge in [-0.3, -0.25) is 4.79 Å². The van der Waals surface area contributed by atoms with Gasteiger partial charge in [-0.25, -0.2) is 8.42 Å². The Morgan fingerprint density at radius 2 is 1.64 bits per heavy atom. The normalized spacial score (nSPS) is 11.4. The smallest absolute Gasteiger partial charge is 0.259 e. The number of anilines is 1. The third-order valence-electron chi connectivity index (χ3n) is 4.50. The third kappa shape index (κ3) is 4.59. The van der Waals surface area contributed by atoms with Gasteiger partial charge in [0.15, 0.2) is 9.84 Å². The molecule has 0 aliphatic heterocycles. The Kier molecular flexibility index (Phi) is 7.32. The van der Waals surface area contributed by atoms with Crippen molar-refractivity contribution in [3.8, 4) is 11.5 Å². The zero-order chi connectivity index (χ0) is 20.9. The predicted octanol–water partition coefficient (Wildman–Crippen LogP) is 4.57. The third-order valence-corrected chi connectivity index (χ3v) is 7.19. The summed E-state index contributed by atoms with van der Waals surface area (Å²) in [7, 11) is -0.629. The summed E-state index contributed by atoms with van der Waals surface area (Å²) in [5.74, 6) is 0.203. The molecule has 152 valence electrons. The van der Waals surface area contributed by atoms with Crippen molar-refractivity contribution in [1.82, 2.24) is 0 Å². The number of methoxy groups -OCH3 is 2. The van der Waals surface area contributed by atoms with Gasteiger partial charge in [0.25, 0.3) is 5.91 Å². The van der Waals surface area contributed by atoms with Gasteiger partial charge >= 0.3 is 0 Å². The van der Waals surface area contributed by atoms with Crippen LogP contribution in [0.3, 0.4) is 0 Å². The number of nitrogens with one attached hydrogen (secondary N) is 1. The Morgan fingerprint density at radius 3 is 2.21 bits per heavy atom. The number of carbonyl (C=O) groups is 1. The minimum atomic E-state index is -3.52. The summed E-state index contributed by atoms with van der Waals surface area (Å²) in [6, 6.07) is 9.11. The predicted molar refractivity (Wildman–Crippen MR) is 111 cm³/mol. The van der Waals surface area contributed by atoms with Gasteiger partial charge in [0, 0.05) is 5.02 Å². The van der Waals surface area contributed by atoms with Crippen molar-refractivity contribution < 1.29 is 22.7 Å². The SMILES string of the molecule is CCC(CC)S(=O)(=O)c1ccc(OC)c(NC(=O)c2cc(Cl)ccc2OC)c1. The monoisotopic (exact) mass is 425 g/mol. The van der Waals surface area contributed by atoms with Crippen LogP contribution in [0.4, 0.5) is 5.69 Å². The molecule has 1 amide bonds. The molecule has 0 aliphatic carbocycles. The Bertz CT molecular complexity index is 955. The molecular formula is C20H24ClNO5S. The van der Waals surface area contributed by atoms with E-state index in [1.807, 2.05) is 13.8 Å². The quantitative estimate of drug-likeness (QED) is 0.669. The minimum absolute atomic E-state index is 0.135. The van der Waals surface area contributed by atoms with E-state index in [1.54, 1.807) is 12.1 Å². The molecule has 0 bridgehead atoms. The molecule has 0 aliphatic rings. The van der Waals surface area contributed by atoms with Crippen LogP contribution in [-0.2, 0) is 9.84 Å². The fourth-order valence-corrected chi connectivity index (χ4v) is 4.90. The van der Waals surface area contributed by atoms with E-state index in [0.29, 0.717) is 29.4 Å². The largest absolute Gasteiger partial charge is 0.496 e. The first kappa shape index (κ1) is 22.0. The minimum Gasteiger partial charge on any atom is -0.496 e. The van der Waals surface area contributed by atoms with Crippen LogP contribution >= 0.6 is 11.6 Å². The van der Waals surface area contributed by atoms with E-state index >= 15 is 0 Å². The number of amides is 1. The van der Waals surface area contributed by atoms with E-state index in [4.69, 9.17) is 21.1 Å². The van der Waals surface area contributed by atoms with E-state index in [1.165, 1.54) is 38.5 Å². The Labute approximate surface area is 170 Å². The summed E-state index contributed by atoms with van der Waals surface area (Å²) in [6.45, 7) is 3.67. The zero-order valence-electron chi connectivity index (χ0n) is 16.3. The highest BCUT2D eigenvalue weighted by Crippen LogP contribution is 2.32. The molecule has 0 unspecified atom stereocenters. The molecule has 8 heteroatoms. The van der Waals surface area contributed by atoms with E-state index in [2.05, 4.69) is 5.32 Å². The standard InChI is InChI=1S/C20H24ClNO5S/c1-5-14(6-2)28(24,25)15-8-10-19(27-4)17(12-15)22-20(23)16-11-13(21)7-9-18(16)26-3/h7-12,14H,5-6H2,1-4H3,(H,22,23). The van der Waals surface area contributed by atoms with E-state index in [0.717, 1.165) is 0 Å². The molecule has 2 aromatic carbocycles. The molecule has 2 rings (SSSR count). The lowest BCUT2D eigenvalue weighted by Crippen LogP contribution is -2.20. The van der Waals surface area contributed by atoms with Gasteiger partial charge in [0.1, 0.15) is 11.5 Å². The molecule has 0 saturated heterocycles. The first-order valence-corrected chi connectivity index (χ1v) is 10.8. The zero-order valence-corrected chi connectivity index (χ0v) is 17.9. The summed E-state index contributed by atoms with van der Waals surface area (Å²) in [4.78, 5) is 12.9. The number of ether oxygens (including phenoxy) is 2. The summed E-state index contributed by atoms with van der Waals surface area (Å²) in [5, 5.41) is 2.59. The molecule has 28 heavy (non-hydrogen) atoms. The highest BCUT2D eigenvalue weighted by Gasteiger charge is 2.26. The lowest BCUT2D eigenvalue weighted by atomic mass is 10.1. The van der Waals surface area contributed by atoms with Crippen molar-refractivity contribution in [3.63, 3.8) is 0 Å². The average molecular weight is 426 g/mol. The van der Waals surface area contributed by atoms with Crippen LogP contribution in [0.15, 0.2) is 41.3 Å². The van der Waals surface area contributed by atoms with E-state index in [-0.39, 0.29) is 16.1 Å².